The molecule has 4 rings (SSSR count). The maximum Gasteiger partial charge on any atom is 0.259 e. The molecule has 8 heteroatoms. The number of amides is 3. The molecule has 1 aliphatic heterocycles. The minimum atomic E-state index is -0.985. The average molecular weight is 543 g/mol. The zero-order valence-corrected chi connectivity index (χ0v) is 19.3. The summed E-state index contributed by atoms with van der Waals surface area (Å²) in [6.45, 7) is 0. The fourth-order valence-electron chi connectivity index (χ4n) is 3.38. The van der Waals surface area contributed by atoms with E-state index in [9.17, 15) is 14.4 Å². The zero-order chi connectivity index (χ0) is 22.0. The Kier molecular flexibility index (Phi) is 6.20. The largest absolute Gasteiger partial charge is 0.326 e. The summed E-state index contributed by atoms with van der Waals surface area (Å²) < 4.78 is 1.73. The summed E-state index contributed by atoms with van der Waals surface area (Å²) in [5, 5.41) is 5.59. The van der Waals surface area contributed by atoms with Gasteiger partial charge in [-0.15, -0.1) is 0 Å². The Morgan fingerprint density at radius 3 is 2.19 bits per heavy atom. The van der Waals surface area contributed by atoms with E-state index in [0.717, 1.165) is 8.95 Å². The standard InChI is InChI=1S/C23H17Br2N3O3/c24-15-7-5-14(6-8-15)23(31)28-19-4-2-1-3-18(19)27-22(30)20(28)13-21(29)26-17-11-9-16(25)10-12-17/h1-12,20H,13H2,(H,26,29)(H,27,30). The third-order valence-corrected chi connectivity index (χ3v) is 5.91. The van der Waals surface area contributed by atoms with Crippen molar-refractivity contribution < 1.29 is 14.4 Å². The monoisotopic (exact) mass is 541 g/mol. The fourth-order valence-corrected chi connectivity index (χ4v) is 3.91. The van der Waals surface area contributed by atoms with Gasteiger partial charge >= 0.3 is 0 Å². The van der Waals surface area contributed by atoms with E-state index >= 15 is 0 Å². The van der Waals surface area contributed by atoms with E-state index in [4.69, 9.17) is 0 Å². The second-order valence-corrected chi connectivity index (χ2v) is 8.79. The normalized spacial score (nSPS) is 15.1. The van der Waals surface area contributed by atoms with Gasteiger partial charge in [-0.05, 0) is 60.7 Å². The molecule has 0 radical (unpaired) electrons. The topological polar surface area (TPSA) is 78.5 Å². The van der Waals surface area contributed by atoms with E-state index in [1.807, 2.05) is 12.1 Å². The molecule has 0 spiro atoms. The number of hydrogen-bond donors (Lipinski definition) is 2. The summed E-state index contributed by atoms with van der Waals surface area (Å²) in [5.41, 5.74) is 2.11. The van der Waals surface area contributed by atoms with Crippen LogP contribution in [0.25, 0.3) is 0 Å². The number of anilines is 3. The van der Waals surface area contributed by atoms with E-state index in [-0.39, 0.29) is 18.2 Å². The minimum Gasteiger partial charge on any atom is -0.326 e. The number of para-hydroxylation sites is 2. The molecule has 6 nitrogen and oxygen atoms in total. The van der Waals surface area contributed by atoms with Gasteiger partial charge in [0.25, 0.3) is 5.91 Å². The first-order chi connectivity index (χ1) is 14.9. The highest BCUT2D eigenvalue weighted by molar-refractivity contribution is 9.10. The van der Waals surface area contributed by atoms with Gasteiger partial charge in [0, 0.05) is 20.2 Å². The van der Waals surface area contributed by atoms with Crippen LogP contribution in [-0.4, -0.2) is 23.8 Å². The molecule has 0 saturated heterocycles. The maximum absolute atomic E-state index is 13.4. The summed E-state index contributed by atoms with van der Waals surface area (Å²) in [6.07, 6.45) is -0.182. The van der Waals surface area contributed by atoms with Crippen LogP contribution >= 0.6 is 31.9 Å². The third-order valence-electron chi connectivity index (χ3n) is 4.85. The second kappa shape index (κ2) is 9.03. The van der Waals surface area contributed by atoms with Gasteiger partial charge in [-0.25, -0.2) is 0 Å². The zero-order valence-electron chi connectivity index (χ0n) is 16.1. The number of benzene rings is 3. The van der Waals surface area contributed by atoms with Crippen LogP contribution in [0, 0.1) is 0 Å². The summed E-state index contributed by atoms with van der Waals surface area (Å²) in [4.78, 5) is 40.4. The molecule has 31 heavy (non-hydrogen) atoms. The number of rotatable bonds is 4. The Labute approximate surface area is 195 Å². The van der Waals surface area contributed by atoms with Crippen molar-refractivity contribution in [2.45, 2.75) is 12.5 Å². The molecular weight excluding hydrogens is 526 g/mol. The Morgan fingerprint density at radius 1 is 0.903 bits per heavy atom. The molecule has 1 atom stereocenters. The third kappa shape index (κ3) is 4.70. The lowest BCUT2D eigenvalue weighted by atomic mass is 10.0. The van der Waals surface area contributed by atoms with Crippen LogP contribution in [0.4, 0.5) is 17.1 Å². The number of halogens is 2. The van der Waals surface area contributed by atoms with Crippen LogP contribution in [0.3, 0.4) is 0 Å². The van der Waals surface area contributed by atoms with Gasteiger partial charge in [-0.1, -0.05) is 44.0 Å². The van der Waals surface area contributed by atoms with Crippen molar-refractivity contribution in [1.82, 2.24) is 0 Å². The molecule has 156 valence electrons. The Balaban J connectivity index is 1.64. The first-order valence-corrected chi connectivity index (χ1v) is 11.1. The molecule has 0 fully saturated rings. The van der Waals surface area contributed by atoms with E-state index in [1.165, 1.54) is 4.90 Å². The summed E-state index contributed by atoms with van der Waals surface area (Å²) >= 11 is 6.71. The number of carbonyl (C=O) groups excluding carboxylic acids is 3. The van der Waals surface area contributed by atoms with Crippen LogP contribution in [0.2, 0.25) is 0 Å². The van der Waals surface area contributed by atoms with Gasteiger partial charge in [0.05, 0.1) is 17.8 Å². The van der Waals surface area contributed by atoms with Gasteiger partial charge in [0.15, 0.2) is 0 Å². The summed E-state index contributed by atoms with van der Waals surface area (Å²) in [7, 11) is 0. The van der Waals surface area contributed by atoms with E-state index < -0.39 is 11.9 Å². The second-order valence-electron chi connectivity index (χ2n) is 6.96. The maximum atomic E-state index is 13.4. The Bertz CT molecular complexity index is 1150. The van der Waals surface area contributed by atoms with Crippen LogP contribution < -0.4 is 15.5 Å². The predicted octanol–water partition coefficient (Wildman–Crippen LogP) is 5.21. The molecule has 0 aliphatic carbocycles. The predicted molar refractivity (Wildman–Crippen MR) is 127 cm³/mol. The van der Waals surface area contributed by atoms with E-state index in [1.54, 1.807) is 60.7 Å². The molecular formula is C23H17Br2N3O3. The Hall–Kier alpha value is -2.97. The van der Waals surface area contributed by atoms with Crippen LogP contribution in [0.1, 0.15) is 16.8 Å². The lowest BCUT2D eigenvalue weighted by Crippen LogP contribution is -2.52. The molecule has 1 heterocycles. The quantitative estimate of drug-likeness (QED) is 0.475. The van der Waals surface area contributed by atoms with Crippen molar-refractivity contribution in [3.05, 3.63) is 87.3 Å². The van der Waals surface area contributed by atoms with Crippen molar-refractivity contribution in [2.24, 2.45) is 0 Å². The smallest absolute Gasteiger partial charge is 0.259 e. The van der Waals surface area contributed by atoms with Gasteiger partial charge in [0.1, 0.15) is 6.04 Å². The van der Waals surface area contributed by atoms with Crippen LogP contribution in [0.5, 0.6) is 0 Å². The van der Waals surface area contributed by atoms with Crippen molar-refractivity contribution >= 4 is 66.6 Å². The highest BCUT2D eigenvalue weighted by atomic mass is 79.9. The first kappa shape index (κ1) is 21.3. The van der Waals surface area contributed by atoms with Gasteiger partial charge in [0.2, 0.25) is 11.8 Å². The average Bonchev–Trinajstić information content (AvgIpc) is 2.76. The highest BCUT2D eigenvalue weighted by Crippen LogP contribution is 2.34. The lowest BCUT2D eigenvalue weighted by Gasteiger charge is -2.36. The molecule has 3 aromatic rings. The van der Waals surface area contributed by atoms with Gasteiger partial charge in [-0.2, -0.15) is 0 Å². The van der Waals surface area contributed by atoms with Crippen molar-refractivity contribution in [3.8, 4) is 0 Å². The van der Waals surface area contributed by atoms with Crippen molar-refractivity contribution in [2.75, 3.05) is 15.5 Å². The van der Waals surface area contributed by atoms with Gasteiger partial charge < -0.3 is 10.6 Å². The van der Waals surface area contributed by atoms with Crippen molar-refractivity contribution in [3.63, 3.8) is 0 Å². The molecule has 0 aromatic heterocycles. The molecule has 3 amide bonds. The van der Waals surface area contributed by atoms with E-state index in [0.29, 0.717) is 22.6 Å². The molecule has 2 N–H and O–H groups in total. The number of nitrogens with zero attached hydrogens (tertiary/aromatic N) is 1. The SMILES string of the molecule is O=C(CC1C(=O)Nc2ccccc2N1C(=O)c1ccc(Br)cc1)Nc1ccc(Br)cc1. The van der Waals surface area contributed by atoms with Crippen LogP contribution in [0.15, 0.2) is 81.7 Å². The summed E-state index contributed by atoms with van der Waals surface area (Å²) in [6, 6.07) is 20.1. The first-order valence-electron chi connectivity index (χ1n) is 9.47. The van der Waals surface area contributed by atoms with Gasteiger partial charge in [-0.3, -0.25) is 19.3 Å². The van der Waals surface area contributed by atoms with Crippen molar-refractivity contribution in [1.29, 1.82) is 0 Å². The minimum absolute atomic E-state index is 0.182. The summed E-state index contributed by atoms with van der Waals surface area (Å²) in [5.74, 6) is -1.12. The highest BCUT2D eigenvalue weighted by Gasteiger charge is 2.38. The number of hydrogen-bond acceptors (Lipinski definition) is 3. The fraction of sp³-hybridized carbons (Fsp3) is 0.0870. The molecule has 0 bridgehead atoms. The number of nitrogens with one attached hydrogen (secondary N) is 2. The Morgan fingerprint density at radius 2 is 1.52 bits per heavy atom. The number of fused-ring (bicyclic) bond motifs is 1. The molecule has 1 unspecified atom stereocenters. The van der Waals surface area contributed by atoms with Crippen LogP contribution in [-0.2, 0) is 9.59 Å². The van der Waals surface area contributed by atoms with E-state index in [2.05, 4.69) is 42.5 Å². The molecule has 0 saturated carbocycles. The lowest BCUT2D eigenvalue weighted by molar-refractivity contribution is -0.122. The number of carbonyl (C=O) groups is 3. The molecule has 3 aromatic carbocycles. The molecule has 1 aliphatic rings.